The fraction of sp³-hybridized carbons (Fsp3) is 0.857. The van der Waals surface area contributed by atoms with Crippen LogP contribution in [0.4, 0.5) is 0 Å². The van der Waals surface area contributed by atoms with Crippen LogP contribution in [0.15, 0.2) is 4.99 Å². The third-order valence-corrected chi connectivity index (χ3v) is 1.28. The van der Waals surface area contributed by atoms with Gasteiger partial charge in [-0.05, 0) is 20.8 Å². The topological polar surface area (TPSA) is 59.6 Å². The number of hydrogen-bond donors (Lipinski definition) is 2. The quantitative estimate of drug-likeness (QED) is 0.269. The zero-order valence-electron chi connectivity index (χ0n) is 7.59. The van der Waals surface area contributed by atoms with Crippen LogP contribution in [0.25, 0.3) is 0 Å². The first-order valence-corrected chi connectivity index (χ1v) is 3.69. The van der Waals surface area contributed by atoms with E-state index in [1.807, 2.05) is 20.8 Å². The van der Waals surface area contributed by atoms with Crippen LogP contribution in [-0.2, 0) is 4.74 Å². The van der Waals surface area contributed by atoms with E-state index in [4.69, 9.17) is 10.6 Å². The third kappa shape index (κ3) is 3.95. The molecular weight excluding hydrogens is 142 g/mol. The number of nitrogens with two attached hydrogens (primary N) is 1. The summed E-state index contributed by atoms with van der Waals surface area (Å²) in [6, 6.07) is 0.235. The Bertz CT molecular complexity index is 134. The van der Waals surface area contributed by atoms with Crippen molar-refractivity contribution in [3.8, 4) is 0 Å². The molecule has 0 aromatic rings. The molecule has 1 atom stereocenters. The number of nitrogens with one attached hydrogen (secondary N) is 1. The number of hydrazine groups is 1. The van der Waals surface area contributed by atoms with Crippen molar-refractivity contribution in [1.82, 2.24) is 5.43 Å². The Morgan fingerprint density at radius 2 is 2.00 bits per heavy atom. The number of amidine groups is 1. The van der Waals surface area contributed by atoms with Gasteiger partial charge in [0.1, 0.15) is 11.9 Å². The Hall–Kier alpha value is -0.610. The van der Waals surface area contributed by atoms with E-state index in [1.54, 1.807) is 7.11 Å². The van der Waals surface area contributed by atoms with Crippen molar-refractivity contribution >= 4 is 5.84 Å². The Kier molecular flexibility index (Phi) is 4.81. The van der Waals surface area contributed by atoms with Crippen LogP contribution in [0, 0.1) is 0 Å². The van der Waals surface area contributed by atoms with E-state index < -0.39 is 0 Å². The lowest BCUT2D eigenvalue weighted by atomic mass is 10.3. The predicted molar refractivity (Wildman–Crippen MR) is 46.4 cm³/mol. The number of rotatable bonds is 3. The van der Waals surface area contributed by atoms with Gasteiger partial charge in [0.2, 0.25) is 0 Å². The van der Waals surface area contributed by atoms with Crippen LogP contribution < -0.4 is 11.3 Å². The van der Waals surface area contributed by atoms with Crippen molar-refractivity contribution in [2.75, 3.05) is 7.11 Å². The average Bonchev–Trinajstić information content (AvgIpc) is 1.98. The van der Waals surface area contributed by atoms with Crippen LogP contribution in [0.2, 0.25) is 0 Å². The number of nitrogens with zero attached hydrogens (tertiary/aromatic N) is 1. The van der Waals surface area contributed by atoms with Gasteiger partial charge < -0.3 is 10.2 Å². The first-order chi connectivity index (χ1) is 5.11. The summed E-state index contributed by atoms with van der Waals surface area (Å²) in [6.45, 7) is 5.86. The molecule has 0 aromatic carbocycles. The second-order valence-electron chi connectivity index (χ2n) is 2.63. The lowest BCUT2D eigenvalue weighted by molar-refractivity contribution is 0.167. The Balaban J connectivity index is 4.14. The van der Waals surface area contributed by atoms with Gasteiger partial charge in [-0.15, -0.1) is 0 Å². The summed E-state index contributed by atoms with van der Waals surface area (Å²) in [5, 5.41) is 0. The van der Waals surface area contributed by atoms with Gasteiger partial charge in [-0.2, -0.15) is 0 Å². The lowest BCUT2D eigenvalue weighted by Gasteiger charge is -2.13. The SMILES string of the molecule is COC(C)C(=NC(C)C)NN. The average molecular weight is 159 g/mol. The molecule has 66 valence electrons. The summed E-state index contributed by atoms with van der Waals surface area (Å²) in [4.78, 5) is 4.22. The van der Waals surface area contributed by atoms with Crippen molar-refractivity contribution in [2.45, 2.75) is 32.9 Å². The Morgan fingerprint density at radius 3 is 2.27 bits per heavy atom. The van der Waals surface area contributed by atoms with Gasteiger partial charge in [-0.3, -0.25) is 4.99 Å². The lowest BCUT2D eigenvalue weighted by Crippen LogP contribution is -2.39. The standard InChI is InChI=1S/C7H17N3O/c1-5(2)9-7(10-8)6(3)11-4/h5-6H,8H2,1-4H3,(H,9,10). The first kappa shape index (κ1) is 10.4. The maximum Gasteiger partial charge on any atom is 0.140 e. The second-order valence-corrected chi connectivity index (χ2v) is 2.63. The first-order valence-electron chi connectivity index (χ1n) is 3.69. The van der Waals surface area contributed by atoms with Crippen molar-refractivity contribution in [2.24, 2.45) is 10.8 Å². The van der Waals surface area contributed by atoms with Crippen LogP contribution in [0.3, 0.4) is 0 Å². The molecule has 4 heteroatoms. The summed E-state index contributed by atoms with van der Waals surface area (Å²) in [7, 11) is 1.62. The minimum Gasteiger partial charge on any atom is -0.374 e. The zero-order chi connectivity index (χ0) is 8.85. The van der Waals surface area contributed by atoms with E-state index in [1.165, 1.54) is 0 Å². The van der Waals surface area contributed by atoms with E-state index in [0.29, 0.717) is 5.84 Å². The summed E-state index contributed by atoms with van der Waals surface area (Å²) in [6.07, 6.45) is -0.0672. The van der Waals surface area contributed by atoms with Gasteiger partial charge in [-0.25, -0.2) is 5.84 Å². The maximum atomic E-state index is 5.24. The van der Waals surface area contributed by atoms with Gasteiger partial charge in [0.25, 0.3) is 0 Å². The van der Waals surface area contributed by atoms with Crippen LogP contribution >= 0.6 is 0 Å². The molecule has 0 saturated carbocycles. The highest BCUT2D eigenvalue weighted by atomic mass is 16.5. The van der Waals surface area contributed by atoms with Gasteiger partial charge in [-0.1, -0.05) is 0 Å². The molecule has 3 N–H and O–H groups in total. The molecule has 0 radical (unpaired) electrons. The third-order valence-electron chi connectivity index (χ3n) is 1.28. The van der Waals surface area contributed by atoms with Crippen molar-refractivity contribution < 1.29 is 4.74 Å². The number of ether oxygens (including phenoxy) is 1. The smallest absolute Gasteiger partial charge is 0.140 e. The molecule has 0 fully saturated rings. The molecule has 0 saturated heterocycles. The van der Waals surface area contributed by atoms with Crippen molar-refractivity contribution in [3.63, 3.8) is 0 Å². The fourth-order valence-corrected chi connectivity index (χ4v) is 0.649. The normalized spacial score (nSPS) is 15.3. The molecule has 0 bridgehead atoms. The molecular formula is C7H17N3O. The highest BCUT2D eigenvalue weighted by Gasteiger charge is 2.07. The second kappa shape index (κ2) is 5.09. The van der Waals surface area contributed by atoms with E-state index in [2.05, 4.69) is 10.4 Å². The summed E-state index contributed by atoms with van der Waals surface area (Å²) in [5.41, 5.74) is 2.51. The minimum atomic E-state index is -0.0672. The molecule has 0 aromatic heterocycles. The zero-order valence-corrected chi connectivity index (χ0v) is 7.59. The van der Waals surface area contributed by atoms with E-state index in [0.717, 1.165) is 0 Å². The predicted octanol–water partition coefficient (Wildman–Crippen LogP) is 0.291. The molecule has 0 aliphatic heterocycles. The van der Waals surface area contributed by atoms with Gasteiger partial charge in [0.05, 0.1) is 0 Å². The molecule has 4 nitrogen and oxygen atoms in total. The van der Waals surface area contributed by atoms with E-state index in [-0.39, 0.29) is 12.1 Å². The Morgan fingerprint density at radius 1 is 1.45 bits per heavy atom. The number of aliphatic imine (C=N–C) groups is 1. The highest BCUT2D eigenvalue weighted by Crippen LogP contribution is 1.93. The molecule has 11 heavy (non-hydrogen) atoms. The van der Waals surface area contributed by atoms with Gasteiger partial charge in [0, 0.05) is 13.2 Å². The molecule has 1 unspecified atom stereocenters. The monoisotopic (exact) mass is 159 g/mol. The molecule has 0 heterocycles. The molecule has 0 amide bonds. The molecule has 0 rings (SSSR count). The van der Waals surface area contributed by atoms with Crippen molar-refractivity contribution in [1.29, 1.82) is 0 Å². The summed E-state index contributed by atoms with van der Waals surface area (Å²) < 4.78 is 5.03. The van der Waals surface area contributed by atoms with Crippen LogP contribution in [-0.4, -0.2) is 25.1 Å². The largest absolute Gasteiger partial charge is 0.374 e. The Labute approximate surface area is 67.8 Å². The molecule has 0 aliphatic carbocycles. The van der Waals surface area contributed by atoms with E-state index >= 15 is 0 Å². The fourth-order valence-electron chi connectivity index (χ4n) is 0.649. The molecule has 0 aliphatic rings. The minimum absolute atomic E-state index is 0.0672. The van der Waals surface area contributed by atoms with E-state index in [9.17, 15) is 0 Å². The number of hydrogen-bond acceptors (Lipinski definition) is 3. The van der Waals surface area contributed by atoms with Gasteiger partial charge in [0.15, 0.2) is 0 Å². The highest BCUT2D eigenvalue weighted by molar-refractivity contribution is 5.85. The van der Waals surface area contributed by atoms with Crippen LogP contribution in [0.1, 0.15) is 20.8 Å². The number of methoxy groups -OCH3 is 1. The molecule has 0 spiro atoms. The van der Waals surface area contributed by atoms with Gasteiger partial charge >= 0.3 is 0 Å². The summed E-state index contributed by atoms with van der Waals surface area (Å²) in [5.74, 6) is 5.92. The van der Waals surface area contributed by atoms with Crippen LogP contribution in [0.5, 0.6) is 0 Å². The summed E-state index contributed by atoms with van der Waals surface area (Å²) >= 11 is 0. The van der Waals surface area contributed by atoms with Crippen molar-refractivity contribution in [3.05, 3.63) is 0 Å². The maximum absolute atomic E-state index is 5.24.